The first-order valence-electron chi connectivity index (χ1n) is 5.15. The summed E-state index contributed by atoms with van der Waals surface area (Å²) in [7, 11) is 0.774. The lowest BCUT2D eigenvalue weighted by Gasteiger charge is -2.08. The molecule has 0 bridgehead atoms. The van der Waals surface area contributed by atoms with E-state index in [0.29, 0.717) is 0 Å². The molecular formula is C14H19AlClNP. The van der Waals surface area contributed by atoms with Crippen molar-refractivity contribution in [1.82, 2.24) is 6.15 Å². The molecule has 95 valence electrons. The Balaban J connectivity index is 0. The van der Waals surface area contributed by atoms with Crippen LogP contribution < -0.4 is 16.8 Å². The summed E-state index contributed by atoms with van der Waals surface area (Å²) in [5.41, 5.74) is 2.78. The summed E-state index contributed by atoms with van der Waals surface area (Å²) in [6, 6.07) is 17.2. The van der Waals surface area contributed by atoms with E-state index in [4.69, 9.17) is 0 Å². The number of hydrogen-bond acceptors (Lipinski definition) is 1. The Hall–Kier alpha value is -0.348. The van der Waals surface area contributed by atoms with Crippen molar-refractivity contribution in [3.8, 4) is 0 Å². The molecule has 0 heterocycles. The second kappa shape index (κ2) is 9.57. The van der Waals surface area contributed by atoms with Crippen molar-refractivity contribution in [2.75, 3.05) is 0 Å². The molecule has 0 saturated heterocycles. The zero-order chi connectivity index (χ0) is 10.7. The largest absolute Gasteiger partial charge is 0.344 e. The lowest BCUT2D eigenvalue weighted by Crippen LogP contribution is -2.08. The van der Waals surface area contributed by atoms with Crippen LogP contribution in [0, 0.1) is 13.8 Å². The minimum atomic E-state index is 0. The van der Waals surface area contributed by atoms with E-state index >= 15 is 0 Å². The van der Waals surface area contributed by atoms with Crippen molar-refractivity contribution < 1.29 is 0 Å². The molecule has 0 fully saturated rings. The van der Waals surface area contributed by atoms with Gasteiger partial charge >= 0.3 is 0 Å². The monoisotopic (exact) mass is 294 g/mol. The minimum absolute atomic E-state index is 0. The molecule has 0 unspecified atom stereocenters. The zero-order valence-corrected chi connectivity index (χ0v) is 13.8. The number of hydrogen-bond donors (Lipinski definition) is 1. The molecule has 0 atom stereocenters. The Morgan fingerprint density at radius 3 is 1.39 bits per heavy atom. The molecule has 1 nitrogen and oxygen atoms in total. The summed E-state index contributed by atoms with van der Waals surface area (Å²) >= 11 is 0. The molecule has 18 heavy (non-hydrogen) atoms. The van der Waals surface area contributed by atoms with Gasteiger partial charge in [0, 0.05) is 17.4 Å². The molecule has 0 spiro atoms. The second-order valence-electron chi connectivity index (χ2n) is 3.75. The summed E-state index contributed by atoms with van der Waals surface area (Å²) in [6.45, 7) is 4.36. The predicted molar refractivity (Wildman–Crippen MR) is 88.0 cm³/mol. The van der Waals surface area contributed by atoms with Gasteiger partial charge in [-0.25, -0.2) is 0 Å². The van der Waals surface area contributed by atoms with Gasteiger partial charge in [-0.2, -0.15) is 0 Å². The van der Waals surface area contributed by atoms with E-state index in [2.05, 4.69) is 62.4 Å². The maximum absolute atomic E-state index is 2.22. The second-order valence-corrected chi connectivity index (χ2v) is 5.08. The molecule has 2 aromatic rings. The molecule has 0 amide bonds. The van der Waals surface area contributed by atoms with Crippen LogP contribution in [0.1, 0.15) is 11.1 Å². The van der Waals surface area contributed by atoms with E-state index in [-0.39, 0.29) is 35.9 Å². The molecular weight excluding hydrogens is 276 g/mol. The van der Waals surface area contributed by atoms with Crippen molar-refractivity contribution in [3.05, 3.63) is 59.7 Å². The third-order valence-corrected chi connectivity index (χ3v) is 4.22. The standard InChI is InChI=1S/C14H15P.Al.ClH.H3N/c1-11-7-3-5-9-13(11)15-14-10-6-4-8-12(14)2;;;/h3-10,15H,1-2H3;;1H;1H3. The highest BCUT2D eigenvalue weighted by atomic mass is 35.5. The van der Waals surface area contributed by atoms with Gasteiger partial charge in [0.1, 0.15) is 0 Å². The number of rotatable bonds is 2. The third kappa shape index (κ3) is 5.11. The first-order valence-corrected chi connectivity index (χ1v) is 6.15. The van der Waals surface area contributed by atoms with E-state index in [1.54, 1.807) is 0 Å². The summed E-state index contributed by atoms with van der Waals surface area (Å²) in [4.78, 5) is 0. The van der Waals surface area contributed by atoms with Crippen LogP contribution in [0.2, 0.25) is 0 Å². The SMILES string of the molecule is Cc1ccccc1Pc1ccccc1C.Cl.N.[Al]. The average molecular weight is 295 g/mol. The van der Waals surface area contributed by atoms with Gasteiger partial charge in [-0.15, -0.1) is 12.4 Å². The fourth-order valence-electron chi connectivity index (χ4n) is 1.57. The average Bonchev–Trinajstić information content (AvgIpc) is 2.24. The maximum atomic E-state index is 2.22. The van der Waals surface area contributed by atoms with Crippen LogP contribution in [0.25, 0.3) is 0 Å². The third-order valence-electron chi connectivity index (χ3n) is 2.56. The van der Waals surface area contributed by atoms with Crippen LogP contribution in [0.15, 0.2) is 48.5 Å². The topological polar surface area (TPSA) is 35.0 Å². The van der Waals surface area contributed by atoms with Crippen molar-refractivity contribution in [2.24, 2.45) is 0 Å². The van der Waals surface area contributed by atoms with Crippen molar-refractivity contribution in [3.63, 3.8) is 0 Å². The van der Waals surface area contributed by atoms with Gasteiger partial charge in [-0.3, -0.25) is 0 Å². The van der Waals surface area contributed by atoms with Gasteiger partial charge in [0.25, 0.3) is 0 Å². The molecule has 4 heteroatoms. The van der Waals surface area contributed by atoms with E-state index < -0.39 is 0 Å². The summed E-state index contributed by atoms with van der Waals surface area (Å²) < 4.78 is 0. The van der Waals surface area contributed by atoms with E-state index in [1.807, 2.05) is 0 Å². The Labute approximate surface area is 128 Å². The van der Waals surface area contributed by atoms with Crippen LogP contribution >= 0.6 is 21.0 Å². The summed E-state index contributed by atoms with van der Waals surface area (Å²) in [5.74, 6) is 0. The molecule has 0 aromatic heterocycles. The first kappa shape index (κ1) is 20.0. The highest BCUT2D eigenvalue weighted by Crippen LogP contribution is 2.15. The van der Waals surface area contributed by atoms with Gasteiger partial charge in [0.2, 0.25) is 0 Å². The van der Waals surface area contributed by atoms with Crippen LogP contribution in [0.3, 0.4) is 0 Å². The zero-order valence-electron chi connectivity index (χ0n) is 10.8. The normalized spacial score (nSPS) is 8.56. The highest BCUT2D eigenvalue weighted by molar-refractivity contribution is 7.55. The fourth-order valence-corrected chi connectivity index (χ4v) is 2.78. The minimum Gasteiger partial charge on any atom is -0.344 e. The lowest BCUT2D eigenvalue weighted by atomic mass is 10.2. The molecule has 0 aliphatic rings. The van der Waals surface area contributed by atoms with Gasteiger partial charge in [0.15, 0.2) is 0 Å². The van der Waals surface area contributed by atoms with Crippen LogP contribution in [0.4, 0.5) is 0 Å². The van der Waals surface area contributed by atoms with Crippen LogP contribution in [-0.2, 0) is 0 Å². The molecule has 0 aliphatic carbocycles. The quantitative estimate of drug-likeness (QED) is 0.670. The van der Waals surface area contributed by atoms with E-state index in [0.717, 1.165) is 8.58 Å². The predicted octanol–water partition coefficient (Wildman–Crippen LogP) is 3.14. The maximum Gasteiger partial charge on any atom is 0 e. The first-order chi connectivity index (χ1) is 7.27. The van der Waals surface area contributed by atoms with Crippen LogP contribution in [-0.4, -0.2) is 17.4 Å². The molecule has 0 saturated carbocycles. The summed E-state index contributed by atoms with van der Waals surface area (Å²) in [5, 5.41) is 2.90. The number of aryl methyl sites for hydroxylation is 2. The van der Waals surface area contributed by atoms with E-state index in [1.165, 1.54) is 21.7 Å². The Bertz CT molecular complexity index is 433. The molecule has 0 aliphatic heterocycles. The molecule has 2 aromatic carbocycles. The van der Waals surface area contributed by atoms with E-state index in [9.17, 15) is 0 Å². The smallest absolute Gasteiger partial charge is 0 e. The van der Waals surface area contributed by atoms with Crippen molar-refractivity contribution >= 4 is 49.0 Å². The van der Waals surface area contributed by atoms with Gasteiger partial charge < -0.3 is 6.15 Å². The van der Waals surface area contributed by atoms with Gasteiger partial charge in [0.05, 0.1) is 0 Å². The van der Waals surface area contributed by atoms with Gasteiger partial charge in [-0.1, -0.05) is 57.1 Å². The fraction of sp³-hybridized carbons (Fsp3) is 0.143. The Morgan fingerprint density at radius 1 is 0.722 bits per heavy atom. The highest BCUT2D eigenvalue weighted by Gasteiger charge is 2.00. The number of benzene rings is 2. The van der Waals surface area contributed by atoms with Crippen molar-refractivity contribution in [2.45, 2.75) is 13.8 Å². The number of halogens is 1. The Kier molecular flexibility index (Phi) is 10.6. The van der Waals surface area contributed by atoms with Crippen molar-refractivity contribution in [1.29, 1.82) is 0 Å². The molecule has 2 rings (SSSR count). The van der Waals surface area contributed by atoms with Gasteiger partial charge in [-0.05, 0) is 35.6 Å². The Morgan fingerprint density at radius 2 is 1.06 bits per heavy atom. The van der Waals surface area contributed by atoms with Crippen LogP contribution in [0.5, 0.6) is 0 Å². The molecule has 3 N–H and O–H groups in total. The summed E-state index contributed by atoms with van der Waals surface area (Å²) in [6.07, 6.45) is 0. The molecule has 3 radical (unpaired) electrons. The lowest BCUT2D eigenvalue weighted by molar-refractivity contribution is 1.51.